The van der Waals surface area contributed by atoms with E-state index in [-0.39, 0.29) is 0 Å². The fourth-order valence-corrected chi connectivity index (χ4v) is 7.03. The van der Waals surface area contributed by atoms with Gasteiger partial charge in [0, 0.05) is 34.0 Å². The molecule has 2 aliphatic carbocycles. The van der Waals surface area contributed by atoms with E-state index in [0.29, 0.717) is 6.54 Å². The van der Waals surface area contributed by atoms with E-state index in [1.807, 2.05) is 37.4 Å². The molecule has 0 bridgehead atoms. The zero-order valence-corrected chi connectivity index (χ0v) is 26.2. The van der Waals surface area contributed by atoms with Crippen LogP contribution in [0.3, 0.4) is 0 Å². The highest BCUT2D eigenvalue weighted by atomic mass is 15.1. The van der Waals surface area contributed by atoms with Crippen LogP contribution in [0.4, 0.5) is 0 Å². The Labute approximate surface area is 274 Å². The molecular formula is C43H32N4. The lowest BCUT2D eigenvalue weighted by Crippen LogP contribution is -2.05. The van der Waals surface area contributed by atoms with Crippen molar-refractivity contribution in [2.75, 3.05) is 0 Å². The first-order valence-electron chi connectivity index (χ1n) is 15.8. The van der Waals surface area contributed by atoms with Crippen LogP contribution < -0.4 is 0 Å². The van der Waals surface area contributed by atoms with Gasteiger partial charge in [-0.15, -0.1) is 0 Å². The summed E-state index contributed by atoms with van der Waals surface area (Å²) < 4.78 is 2.19. The van der Waals surface area contributed by atoms with Gasteiger partial charge < -0.3 is 0 Å². The Morgan fingerprint density at radius 2 is 1.55 bits per heavy atom. The van der Waals surface area contributed by atoms with Gasteiger partial charge in [-0.2, -0.15) is 0 Å². The largest absolute Gasteiger partial charge is 0.294 e. The quantitative estimate of drug-likeness (QED) is 0.167. The van der Waals surface area contributed by atoms with E-state index in [1.54, 1.807) is 0 Å². The molecule has 0 amide bonds. The number of rotatable bonds is 7. The average Bonchev–Trinajstić information content (AvgIpc) is 3.62. The molecule has 0 unspecified atom stereocenters. The summed E-state index contributed by atoms with van der Waals surface area (Å²) in [6.45, 7) is 10.7. The molecule has 6 aromatic rings. The molecule has 0 spiro atoms. The van der Waals surface area contributed by atoms with Gasteiger partial charge in [0.25, 0.3) is 0 Å². The SMILES string of the molecule is C=Cc1c(/C=C\C)n(-c2ccc(CN=C3C=CC=C/C3=C(/N=C)c3ccc4c5c(cccc35)-c3ccccc3-4)cc2)c2ncccc12. The molecule has 0 N–H and O–H groups in total. The zero-order chi connectivity index (χ0) is 31.9. The van der Waals surface area contributed by atoms with Crippen LogP contribution in [0.5, 0.6) is 0 Å². The minimum atomic E-state index is 0.533. The van der Waals surface area contributed by atoms with Gasteiger partial charge in [-0.1, -0.05) is 104 Å². The van der Waals surface area contributed by atoms with E-state index >= 15 is 0 Å². The number of hydrogen-bond donors (Lipinski definition) is 0. The molecule has 224 valence electrons. The first kappa shape index (κ1) is 28.4. The maximum atomic E-state index is 5.10. The molecule has 2 aliphatic rings. The normalized spacial score (nSPS) is 15.2. The summed E-state index contributed by atoms with van der Waals surface area (Å²) in [6, 6.07) is 32.2. The van der Waals surface area contributed by atoms with Crippen LogP contribution in [0.15, 0.2) is 150 Å². The van der Waals surface area contributed by atoms with Crippen LogP contribution in [-0.4, -0.2) is 22.0 Å². The molecule has 0 fully saturated rings. The lowest BCUT2D eigenvalue weighted by molar-refractivity contribution is 1.04. The molecule has 0 atom stereocenters. The molecule has 4 aromatic carbocycles. The lowest BCUT2D eigenvalue weighted by atomic mass is 9.93. The van der Waals surface area contributed by atoms with Crippen molar-refractivity contribution in [3.63, 3.8) is 0 Å². The van der Waals surface area contributed by atoms with Crippen molar-refractivity contribution >= 4 is 52.1 Å². The summed E-state index contributed by atoms with van der Waals surface area (Å²) in [5, 5.41) is 3.53. The minimum Gasteiger partial charge on any atom is -0.294 e. The van der Waals surface area contributed by atoms with Gasteiger partial charge in [-0.05, 0) is 88.6 Å². The predicted molar refractivity (Wildman–Crippen MR) is 200 cm³/mol. The second-order valence-corrected chi connectivity index (χ2v) is 11.7. The van der Waals surface area contributed by atoms with E-state index in [2.05, 4.69) is 132 Å². The highest BCUT2D eigenvalue weighted by molar-refractivity contribution is 6.21. The molecule has 0 saturated heterocycles. The second-order valence-electron chi connectivity index (χ2n) is 11.7. The Hall–Kier alpha value is -6.13. The van der Waals surface area contributed by atoms with Gasteiger partial charge in [0.2, 0.25) is 0 Å². The monoisotopic (exact) mass is 604 g/mol. The number of hydrogen-bond acceptors (Lipinski definition) is 3. The van der Waals surface area contributed by atoms with Crippen LogP contribution in [0.2, 0.25) is 0 Å². The van der Waals surface area contributed by atoms with E-state index in [4.69, 9.17) is 9.98 Å². The lowest BCUT2D eigenvalue weighted by Gasteiger charge is -2.15. The summed E-state index contributed by atoms with van der Waals surface area (Å²) in [6.07, 6.45) is 16.1. The molecule has 8 rings (SSSR count). The van der Waals surface area contributed by atoms with Crippen LogP contribution in [-0.2, 0) is 6.54 Å². The summed E-state index contributed by atoms with van der Waals surface area (Å²) in [4.78, 5) is 14.4. The molecular weight excluding hydrogens is 573 g/mol. The van der Waals surface area contributed by atoms with Crippen molar-refractivity contribution in [3.8, 4) is 27.9 Å². The second kappa shape index (κ2) is 11.7. The number of aliphatic imine (C=N–C) groups is 2. The number of benzene rings is 4. The van der Waals surface area contributed by atoms with Gasteiger partial charge in [0.15, 0.2) is 0 Å². The first-order valence-corrected chi connectivity index (χ1v) is 15.8. The van der Waals surface area contributed by atoms with Crippen molar-refractivity contribution in [1.29, 1.82) is 0 Å². The summed E-state index contributed by atoms with van der Waals surface area (Å²) >= 11 is 0. The molecule has 2 heterocycles. The van der Waals surface area contributed by atoms with Crippen molar-refractivity contribution < 1.29 is 0 Å². The Morgan fingerprint density at radius 1 is 0.809 bits per heavy atom. The van der Waals surface area contributed by atoms with Crippen LogP contribution in [0, 0.1) is 0 Å². The average molecular weight is 605 g/mol. The maximum Gasteiger partial charge on any atom is 0.145 e. The Kier molecular flexibility index (Phi) is 7.03. The number of aromatic nitrogens is 2. The molecule has 4 nitrogen and oxygen atoms in total. The van der Waals surface area contributed by atoms with Gasteiger partial charge in [-0.3, -0.25) is 14.6 Å². The van der Waals surface area contributed by atoms with Gasteiger partial charge in [-0.25, -0.2) is 4.98 Å². The highest BCUT2D eigenvalue weighted by Crippen LogP contribution is 2.48. The number of nitrogens with zero attached hydrogens (tertiary/aromatic N) is 4. The van der Waals surface area contributed by atoms with Crippen LogP contribution in [0.25, 0.3) is 67.6 Å². The Balaban J connectivity index is 1.16. The van der Waals surface area contributed by atoms with Crippen molar-refractivity contribution in [1.82, 2.24) is 9.55 Å². The number of fused-ring (bicyclic) bond motifs is 4. The van der Waals surface area contributed by atoms with Gasteiger partial charge in [0.1, 0.15) is 5.65 Å². The molecule has 2 aromatic heterocycles. The predicted octanol–water partition coefficient (Wildman–Crippen LogP) is 10.7. The fourth-order valence-electron chi connectivity index (χ4n) is 7.03. The fraction of sp³-hybridized carbons (Fsp3) is 0.0465. The maximum absolute atomic E-state index is 5.10. The van der Waals surface area contributed by atoms with E-state index in [9.17, 15) is 0 Å². The number of allylic oxidation sites excluding steroid dienone is 6. The number of pyridine rings is 1. The standard InChI is InChI=1S/C43H32N4/c1-4-12-40-30(5-2)37-18-11-26-45-43(37)47(40)29-22-20-28(21-23-29)27-46-39-19-9-8-15-38(39)42(44-3)36-25-24-35-32-14-7-6-13-31(32)33-16-10-17-34(36)41(33)35/h4-26H,2-3,27H2,1H3/b12-4-,42-38-,46-39?. The summed E-state index contributed by atoms with van der Waals surface area (Å²) in [7, 11) is 0. The zero-order valence-electron chi connectivity index (χ0n) is 26.2. The molecule has 0 aliphatic heterocycles. The molecule has 0 radical (unpaired) electrons. The van der Waals surface area contributed by atoms with Crippen molar-refractivity contribution in [2.45, 2.75) is 13.5 Å². The third-order valence-electron chi connectivity index (χ3n) is 9.08. The molecule has 4 heteroatoms. The van der Waals surface area contributed by atoms with Crippen molar-refractivity contribution in [3.05, 3.63) is 162 Å². The summed E-state index contributed by atoms with van der Waals surface area (Å²) in [5.74, 6) is 0. The topological polar surface area (TPSA) is 42.5 Å². The van der Waals surface area contributed by atoms with E-state index < -0.39 is 0 Å². The first-order chi connectivity index (χ1) is 23.2. The third-order valence-corrected chi connectivity index (χ3v) is 9.08. The third kappa shape index (κ3) is 4.57. The molecule has 47 heavy (non-hydrogen) atoms. The minimum absolute atomic E-state index is 0.533. The van der Waals surface area contributed by atoms with E-state index in [0.717, 1.165) is 56.1 Å². The van der Waals surface area contributed by atoms with E-state index in [1.165, 1.54) is 33.0 Å². The Bertz CT molecular complexity index is 2380. The van der Waals surface area contributed by atoms with Crippen LogP contribution in [0.1, 0.15) is 29.3 Å². The highest BCUT2D eigenvalue weighted by Gasteiger charge is 2.24. The van der Waals surface area contributed by atoms with Gasteiger partial charge >= 0.3 is 0 Å². The smallest absolute Gasteiger partial charge is 0.145 e. The summed E-state index contributed by atoms with van der Waals surface area (Å²) in [5.41, 5.74) is 14.0. The van der Waals surface area contributed by atoms with Crippen LogP contribution >= 0.6 is 0 Å². The van der Waals surface area contributed by atoms with Gasteiger partial charge in [0.05, 0.1) is 23.6 Å². The molecule has 0 saturated carbocycles. The Morgan fingerprint density at radius 3 is 2.32 bits per heavy atom. The van der Waals surface area contributed by atoms with Crippen molar-refractivity contribution in [2.24, 2.45) is 9.98 Å².